The smallest absolute Gasteiger partial charge is 0.226 e. The van der Waals surface area contributed by atoms with Gasteiger partial charge in [0.2, 0.25) is 5.91 Å². The Hall–Kier alpha value is -1.69. The highest BCUT2D eigenvalue weighted by atomic mass is 16.2. The monoisotopic (exact) mass is 277 g/mol. The molecule has 6 heteroatoms. The third kappa shape index (κ3) is 3.66. The zero-order valence-electron chi connectivity index (χ0n) is 12.1. The van der Waals surface area contributed by atoms with Gasteiger partial charge in [-0.1, -0.05) is 6.92 Å². The van der Waals surface area contributed by atoms with Crippen molar-refractivity contribution in [3.63, 3.8) is 0 Å². The number of carbonyl (C=O) groups is 1. The quantitative estimate of drug-likeness (QED) is 0.853. The third-order valence-corrected chi connectivity index (χ3v) is 3.91. The highest BCUT2D eigenvalue weighted by molar-refractivity contribution is 5.79. The van der Waals surface area contributed by atoms with Crippen molar-refractivity contribution in [1.29, 1.82) is 0 Å². The Morgan fingerprint density at radius 1 is 1.45 bits per heavy atom. The predicted octanol–water partition coefficient (Wildman–Crippen LogP) is 0.863. The lowest BCUT2D eigenvalue weighted by molar-refractivity contribution is -0.136. The minimum absolute atomic E-state index is 0.0991. The highest BCUT2D eigenvalue weighted by Gasteiger charge is 2.27. The first-order chi connectivity index (χ1) is 9.58. The largest absolute Gasteiger partial charge is 0.366 e. The number of anilines is 1. The van der Waals surface area contributed by atoms with Crippen molar-refractivity contribution in [3.8, 4) is 0 Å². The van der Waals surface area contributed by atoms with Gasteiger partial charge < -0.3 is 16.0 Å². The van der Waals surface area contributed by atoms with Crippen LogP contribution in [0.4, 0.5) is 5.82 Å². The Morgan fingerprint density at radius 3 is 2.70 bits per heavy atom. The summed E-state index contributed by atoms with van der Waals surface area (Å²) in [6.07, 6.45) is 3.50. The molecule has 0 aliphatic carbocycles. The fraction of sp³-hybridized carbons (Fsp3) is 0.643. The van der Waals surface area contributed by atoms with Crippen molar-refractivity contribution >= 4 is 11.7 Å². The molecule has 1 aliphatic heterocycles. The average molecular weight is 277 g/mol. The molecule has 0 aromatic carbocycles. The lowest BCUT2D eigenvalue weighted by Gasteiger charge is -2.34. The summed E-state index contributed by atoms with van der Waals surface area (Å²) in [6, 6.07) is 4.01. The van der Waals surface area contributed by atoms with E-state index in [2.05, 4.69) is 15.5 Å². The van der Waals surface area contributed by atoms with Gasteiger partial charge in [-0.25, -0.2) is 0 Å². The van der Waals surface area contributed by atoms with Crippen LogP contribution in [0.15, 0.2) is 18.3 Å². The Balaban J connectivity index is 1.82. The molecule has 0 saturated carbocycles. The molecular weight excluding hydrogens is 254 g/mol. The van der Waals surface area contributed by atoms with Crippen LogP contribution in [-0.4, -0.2) is 46.2 Å². The third-order valence-electron chi connectivity index (χ3n) is 3.91. The predicted molar refractivity (Wildman–Crippen MR) is 78.1 cm³/mol. The first-order valence-corrected chi connectivity index (χ1v) is 7.16. The number of amides is 1. The Labute approximate surface area is 119 Å². The number of hydrogen-bond donors (Lipinski definition) is 2. The molecule has 1 saturated heterocycles. The van der Waals surface area contributed by atoms with Crippen LogP contribution in [0.3, 0.4) is 0 Å². The molecule has 2 atom stereocenters. The summed E-state index contributed by atoms with van der Waals surface area (Å²) < 4.78 is 0. The van der Waals surface area contributed by atoms with Gasteiger partial charge in [-0.15, -0.1) is 5.10 Å². The van der Waals surface area contributed by atoms with Crippen molar-refractivity contribution in [2.45, 2.75) is 38.8 Å². The summed E-state index contributed by atoms with van der Waals surface area (Å²) in [7, 11) is 0. The molecule has 1 aromatic rings. The molecule has 0 radical (unpaired) electrons. The summed E-state index contributed by atoms with van der Waals surface area (Å²) in [5, 5.41) is 11.2. The van der Waals surface area contributed by atoms with Crippen LogP contribution in [-0.2, 0) is 4.79 Å². The summed E-state index contributed by atoms with van der Waals surface area (Å²) in [6.45, 7) is 5.32. The molecule has 2 heterocycles. The minimum Gasteiger partial charge on any atom is -0.366 e. The van der Waals surface area contributed by atoms with Crippen LogP contribution in [0.25, 0.3) is 0 Å². The lowest BCUT2D eigenvalue weighted by Crippen LogP contribution is -2.47. The number of piperidine rings is 1. The molecule has 0 bridgehead atoms. The van der Waals surface area contributed by atoms with Gasteiger partial charge in [0.25, 0.3) is 0 Å². The Bertz CT molecular complexity index is 428. The number of nitrogens with zero attached hydrogens (tertiary/aromatic N) is 3. The standard InChI is InChI=1S/C14H23N5O/c1-10(11(2)15)14(20)19-8-5-12(6-9-19)17-13-4-3-7-16-18-13/h3-4,7,10-12H,5-6,8-9,15H2,1-2H3,(H,17,18). The normalized spacial score (nSPS) is 19.4. The van der Waals surface area contributed by atoms with Crippen molar-refractivity contribution < 1.29 is 4.79 Å². The first-order valence-electron chi connectivity index (χ1n) is 7.16. The second kappa shape index (κ2) is 6.65. The summed E-state index contributed by atoms with van der Waals surface area (Å²) in [4.78, 5) is 14.1. The van der Waals surface area contributed by atoms with Gasteiger partial charge in [-0.2, -0.15) is 5.10 Å². The maximum Gasteiger partial charge on any atom is 0.226 e. The van der Waals surface area contributed by atoms with E-state index in [0.29, 0.717) is 6.04 Å². The van der Waals surface area contributed by atoms with Crippen molar-refractivity contribution in [1.82, 2.24) is 15.1 Å². The van der Waals surface area contributed by atoms with Crippen LogP contribution in [0.1, 0.15) is 26.7 Å². The van der Waals surface area contributed by atoms with Gasteiger partial charge in [-0.3, -0.25) is 4.79 Å². The maximum atomic E-state index is 12.2. The van der Waals surface area contributed by atoms with Gasteiger partial charge in [0, 0.05) is 31.4 Å². The van der Waals surface area contributed by atoms with Gasteiger partial charge in [-0.05, 0) is 31.9 Å². The van der Waals surface area contributed by atoms with Crippen LogP contribution in [0.5, 0.6) is 0 Å². The van der Waals surface area contributed by atoms with Crippen LogP contribution < -0.4 is 11.1 Å². The van der Waals surface area contributed by atoms with E-state index in [4.69, 9.17) is 5.73 Å². The van der Waals surface area contributed by atoms with E-state index in [1.54, 1.807) is 6.20 Å². The van der Waals surface area contributed by atoms with Crippen LogP contribution >= 0.6 is 0 Å². The van der Waals surface area contributed by atoms with Gasteiger partial charge >= 0.3 is 0 Å². The molecule has 1 aliphatic rings. The summed E-state index contributed by atoms with van der Waals surface area (Å²) in [5.41, 5.74) is 5.80. The van der Waals surface area contributed by atoms with Gasteiger partial charge in [0.15, 0.2) is 0 Å². The number of nitrogens with one attached hydrogen (secondary N) is 1. The number of carbonyl (C=O) groups excluding carboxylic acids is 1. The van der Waals surface area contributed by atoms with Crippen LogP contribution in [0, 0.1) is 5.92 Å². The van der Waals surface area contributed by atoms with E-state index in [1.165, 1.54) is 0 Å². The molecule has 0 spiro atoms. The minimum atomic E-state index is -0.112. The molecule has 20 heavy (non-hydrogen) atoms. The number of nitrogens with two attached hydrogens (primary N) is 1. The molecule has 1 aromatic heterocycles. The molecule has 3 N–H and O–H groups in total. The fourth-order valence-electron chi connectivity index (χ4n) is 2.34. The number of hydrogen-bond acceptors (Lipinski definition) is 5. The van der Waals surface area contributed by atoms with E-state index in [-0.39, 0.29) is 17.9 Å². The summed E-state index contributed by atoms with van der Waals surface area (Å²) in [5.74, 6) is 0.846. The Morgan fingerprint density at radius 2 is 2.15 bits per heavy atom. The highest BCUT2D eigenvalue weighted by Crippen LogP contribution is 2.17. The van der Waals surface area contributed by atoms with E-state index in [9.17, 15) is 4.79 Å². The second-order valence-corrected chi connectivity index (χ2v) is 5.50. The molecule has 6 nitrogen and oxygen atoms in total. The van der Waals surface area contributed by atoms with E-state index >= 15 is 0 Å². The SMILES string of the molecule is CC(N)C(C)C(=O)N1CCC(Nc2cccnn2)CC1. The van der Waals surface area contributed by atoms with Crippen LogP contribution in [0.2, 0.25) is 0 Å². The van der Waals surface area contributed by atoms with Crippen molar-refractivity contribution in [3.05, 3.63) is 18.3 Å². The zero-order valence-corrected chi connectivity index (χ0v) is 12.1. The molecule has 2 unspecified atom stereocenters. The van der Waals surface area contributed by atoms with E-state index < -0.39 is 0 Å². The van der Waals surface area contributed by atoms with Gasteiger partial charge in [0.05, 0.1) is 5.92 Å². The molecule has 2 rings (SSSR count). The molecular formula is C14H23N5O. The number of rotatable bonds is 4. The molecule has 1 amide bonds. The van der Waals surface area contributed by atoms with E-state index in [1.807, 2.05) is 30.9 Å². The zero-order chi connectivity index (χ0) is 14.5. The second-order valence-electron chi connectivity index (χ2n) is 5.50. The lowest BCUT2D eigenvalue weighted by atomic mass is 9.99. The number of likely N-dealkylation sites (tertiary alicyclic amines) is 1. The molecule has 1 fully saturated rings. The topological polar surface area (TPSA) is 84.1 Å². The molecule has 110 valence electrons. The first kappa shape index (κ1) is 14.7. The fourth-order valence-corrected chi connectivity index (χ4v) is 2.34. The van der Waals surface area contributed by atoms with Gasteiger partial charge in [0.1, 0.15) is 5.82 Å². The summed E-state index contributed by atoms with van der Waals surface area (Å²) >= 11 is 0. The number of aromatic nitrogens is 2. The van der Waals surface area contributed by atoms with Crippen molar-refractivity contribution in [2.75, 3.05) is 18.4 Å². The van der Waals surface area contributed by atoms with E-state index in [0.717, 1.165) is 31.7 Å². The average Bonchev–Trinajstić information content (AvgIpc) is 2.47. The van der Waals surface area contributed by atoms with Crippen molar-refractivity contribution in [2.24, 2.45) is 11.7 Å². The maximum absolute atomic E-state index is 12.2. The Kier molecular flexibility index (Phi) is 4.89.